The second-order valence-electron chi connectivity index (χ2n) is 8.76. The van der Waals surface area contributed by atoms with Gasteiger partial charge < -0.3 is 24.1 Å². The van der Waals surface area contributed by atoms with Crippen LogP contribution in [0.3, 0.4) is 0 Å². The average Bonchev–Trinajstić information content (AvgIpc) is 2.94. The first-order valence-electron chi connectivity index (χ1n) is 11.5. The van der Waals surface area contributed by atoms with Crippen molar-refractivity contribution in [1.29, 1.82) is 0 Å². The number of hydrogen-bond donors (Lipinski definition) is 1. The molecule has 0 spiro atoms. The number of alkyl halides is 1. The molecule has 0 radical (unpaired) electrons. The summed E-state index contributed by atoms with van der Waals surface area (Å²) in [5, 5.41) is 9.18. The zero-order valence-electron chi connectivity index (χ0n) is 22.1. The van der Waals surface area contributed by atoms with Crippen LogP contribution in [0, 0.1) is 10.8 Å². The number of hydrogen-bond acceptors (Lipinski definition) is 7. The van der Waals surface area contributed by atoms with E-state index in [0.717, 1.165) is 35.9 Å². The van der Waals surface area contributed by atoms with E-state index in [2.05, 4.69) is 65.0 Å². The predicted octanol–water partition coefficient (Wildman–Crippen LogP) is 6.86. The van der Waals surface area contributed by atoms with Crippen molar-refractivity contribution in [1.82, 2.24) is 0 Å². The first-order valence-corrected chi connectivity index (χ1v) is 15.6. The molecule has 0 aliphatic rings. The number of ether oxygens (including phenoxy) is 4. The van der Waals surface area contributed by atoms with E-state index in [1.165, 1.54) is 0 Å². The smallest absolute Gasteiger partial charge is 0.118 e. The van der Waals surface area contributed by atoms with Gasteiger partial charge in [0.2, 0.25) is 0 Å². The lowest BCUT2D eigenvalue weighted by atomic mass is 9.93. The van der Waals surface area contributed by atoms with Gasteiger partial charge in [0.1, 0.15) is 11.5 Å². The fraction of sp³-hybridized carbons (Fsp3) is 0.448. The lowest BCUT2D eigenvalue weighted by Gasteiger charge is -2.22. The lowest BCUT2D eigenvalue weighted by Crippen LogP contribution is -2.24. The van der Waals surface area contributed by atoms with E-state index < -0.39 is 0 Å². The molecule has 2 aromatic carbocycles. The Hall–Kier alpha value is -1.21. The van der Waals surface area contributed by atoms with Crippen LogP contribution in [0.5, 0.6) is 11.5 Å². The maximum Gasteiger partial charge on any atom is 0.118 e. The molecule has 5 nitrogen and oxygen atoms in total. The fourth-order valence-electron chi connectivity index (χ4n) is 2.57. The van der Waals surface area contributed by atoms with Crippen molar-refractivity contribution >= 4 is 53.8 Å². The van der Waals surface area contributed by atoms with Gasteiger partial charge in [-0.25, -0.2) is 0 Å². The standard InChI is InChI=1S/C14H19IO2.C14H20O3.CH4.S3/c2*1-4-14(2,10-15)11-17-9-12-5-7-13(16-3)8-6-12;;1-3-2/h4-8H,1,9-11H2,2-3H3;4-8,15H,1,9-11H2,2-3H3;1H4;/t2*14-;;/m11../s1. The molecule has 0 saturated heterocycles. The molecule has 214 valence electrons. The summed E-state index contributed by atoms with van der Waals surface area (Å²) in [5.41, 5.74) is 1.93. The molecule has 0 aliphatic carbocycles. The summed E-state index contributed by atoms with van der Waals surface area (Å²) >= 11 is 10.6. The molecular weight excluding hydrogens is 651 g/mol. The molecule has 0 aromatic heterocycles. The fourth-order valence-corrected chi connectivity index (χ4v) is 3.10. The van der Waals surface area contributed by atoms with Gasteiger partial charge in [0.05, 0.1) is 47.3 Å². The number of aliphatic hydroxyl groups is 1. The van der Waals surface area contributed by atoms with Gasteiger partial charge in [0.25, 0.3) is 0 Å². The minimum Gasteiger partial charge on any atom is -0.497 e. The Kier molecular flexibility index (Phi) is 23.1. The third kappa shape index (κ3) is 16.7. The number of halogens is 1. The Labute approximate surface area is 256 Å². The van der Waals surface area contributed by atoms with Crippen LogP contribution in [0.25, 0.3) is 0 Å². The molecule has 0 heterocycles. The highest BCUT2D eigenvalue weighted by atomic mass is 127. The van der Waals surface area contributed by atoms with Gasteiger partial charge in [-0.2, -0.15) is 0 Å². The van der Waals surface area contributed by atoms with Gasteiger partial charge in [0, 0.05) is 46.5 Å². The normalized spacial score (nSPS) is 12.9. The second-order valence-corrected chi connectivity index (χ2v) is 11.3. The van der Waals surface area contributed by atoms with Crippen LogP contribution in [0.2, 0.25) is 0 Å². The SMILES string of the molecule is C.C=C[C@](C)(CI)COCc1ccc(OC)cc1.C=C[C@](C)(CO)COCc1ccc(OC)cc1.S=S=S. The molecule has 2 atom stereocenters. The van der Waals surface area contributed by atoms with Crippen LogP contribution in [0.15, 0.2) is 73.8 Å². The second kappa shape index (κ2) is 22.6. The van der Waals surface area contributed by atoms with Gasteiger partial charge >= 0.3 is 0 Å². The number of methoxy groups -OCH3 is 2. The molecule has 0 bridgehead atoms. The van der Waals surface area contributed by atoms with Crippen molar-refractivity contribution in [3.63, 3.8) is 0 Å². The summed E-state index contributed by atoms with van der Waals surface area (Å²) in [6.45, 7) is 14.0. The molecule has 1 N–H and O–H groups in total. The summed E-state index contributed by atoms with van der Waals surface area (Å²) in [6.07, 6.45) is 3.69. The van der Waals surface area contributed by atoms with E-state index in [1.54, 1.807) is 20.3 Å². The maximum absolute atomic E-state index is 9.18. The van der Waals surface area contributed by atoms with E-state index >= 15 is 0 Å². The third-order valence-electron chi connectivity index (χ3n) is 5.37. The van der Waals surface area contributed by atoms with Crippen molar-refractivity contribution in [2.75, 3.05) is 38.5 Å². The van der Waals surface area contributed by atoms with Gasteiger partial charge in [-0.1, -0.05) is 80.3 Å². The molecule has 0 fully saturated rings. The quantitative estimate of drug-likeness (QED) is 0.132. The lowest BCUT2D eigenvalue weighted by molar-refractivity contribution is 0.0351. The highest BCUT2D eigenvalue weighted by Crippen LogP contribution is 2.22. The molecule has 0 amide bonds. The van der Waals surface area contributed by atoms with Gasteiger partial charge in [-0.15, -0.1) is 13.2 Å². The number of rotatable bonds is 14. The van der Waals surface area contributed by atoms with Crippen LogP contribution in [0.4, 0.5) is 0 Å². The summed E-state index contributed by atoms with van der Waals surface area (Å²) < 4.78 is 22.5. The van der Waals surface area contributed by atoms with Crippen LogP contribution >= 0.6 is 22.6 Å². The minimum atomic E-state index is -0.369. The zero-order chi connectivity index (χ0) is 28.2. The van der Waals surface area contributed by atoms with Gasteiger partial charge in [0.15, 0.2) is 0 Å². The molecule has 0 saturated carbocycles. The third-order valence-corrected chi connectivity index (χ3v) is 7.11. The zero-order valence-corrected chi connectivity index (χ0v) is 26.7. The average molecular weight is 695 g/mol. The monoisotopic (exact) mass is 694 g/mol. The first-order chi connectivity index (χ1) is 17.7. The van der Waals surface area contributed by atoms with Crippen molar-refractivity contribution < 1.29 is 24.1 Å². The summed E-state index contributed by atoms with van der Waals surface area (Å²) in [4.78, 5) is 0. The number of aliphatic hydroxyl groups excluding tert-OH is 1. The van der Waals surface area contributed by atoms with E-state index in [9.17, 15) is 5.11 Å². The molecule has 0 aliphatic heterocycles. The van der Waals surface area contributed by atoms with Crippen LogP contribution in [0.1, 0.15) is 32.4 Å². The van der Waals surface area contributed by atoms with Crippen molar-refractivity contribution in [3.8, 4) is 11.5 Å². The Morgan fingerprint density at radius 1 is 0.816 bits per heavy atom. The molecule has 38 heavy (non-hydrogen) atoms. The molecule has 2 rings (SSSR count). The highest BCUT2D eigenvalue weighted by Gasteiger charge is 2.19. The summed E-state index contributed by atoms with van der Waals surface area (Å²) in [5.74, 6) is 1.71. The number of benzene rings is 2. The topological polar surface area (TPSA) is 57.2 Å². The van der Waals surface area contributed by atoms with E-state index in [0.29, 0.717) is 26.4 Å². The largest absolute Gasteiger partial charge is 0.497 e. The van der Waals surface area contributed by atoms with Crippen molar-refractivity contribution in [3.05, 3.63) is 85.0 Å². The van der Waals surface area contributed by atoms with E-state index in [4.69, 9.17) is 18.9 Å². The molecule has 0 unspecified atom stereocenters. The minimum absolute atomic E-state index is 0. The van der Waals surface area contributed by atoms with Gasteiger partial charge in [-0.05, 0) is 35.4 Å². The maximum atomic E-state index is 9.18. The Bertz CT molecular complexity index is 863. The molecule has 2 aromatic rings. The van der Waals surface area contributed by atoms with Crippen LogP contribution < -0.4 is 9.47 Å². The summed E-state index contributed by atoms with van der Waals surface area (Å²) in [6, 6.07) is 15.7. The Balaban J connectivity index is 0. The van der Waals surface area contributed by atoms with Crippen molar-refractivity contribution in [2.24, 2.45) is 10.8 Å². The molecule has 9 heteroatoms. The van der Waals surface area contributed by atoms with Crippen LogP contribution in [-0.4, -0.2) is 43.6 Å². The van der Waals surface area contributed by atoms with E-state index in [1.807, 2.05) is 61.5 Å². The van der Waals surface area contributed by atoms with Crippen LogP contribution in [-0.2, 0) is 53.9 Å². The van der Waals surface area contributed by atoms with Crippen molar-refractivity contribution in [2.45, 2.75) is 34.5 Å². The summed E-state index contributed by atoms with van der Waals surface area (Å²) in [7, 11) is 4.23. The van der Waals surface area contributed by atoms with Gasteiger partial charge in [-0.3, -0.25) is 0 Å². The Morgan fingerprint density at radius 3 is 1.42 bits per heavy atom. The van der Waals surface area contributed by atoms with E-state index in [-0.39, 0.29) is 24.9 Å². The highest BCUT2D eigenvalue weighted by molar-refractivity contribution is 14.1. The first kappa shape index (κ1) is 38.9. The Morgan fingerprint density at radius 2 is 1.16 bits per heavy atom. The molecular formula is C29H43IO5S3. The predicted molar refractivity (Wildman–Crippen MR) is 177 cm³/mol.